The summed E-state index contributed by atoms with van der Waals surface area (Å²) in [5, 5.41) is 5.89. The second-order valence-corrected chi connectivity index (χ2v) is 6.31. The first kappa shape index (κ1) is 17.3. The second kappa shape index (κ2) is 8.04. The predicted molar refractivity (Wildman–Crippen MR) is 102 cm³/mol. The molecule has 0 saturated carbocycles. The maximum absolute atomic E-state index is 12.4. The zero-order valence-corrected chi connectivity index (χ0v) is 14.8. The highest BCUT2D eigenvalue weighted by Gasteiger charge is 2.18. The zero-order valence-electron chi connectivity index (χ0n) is 14.0. The van der Waals surface area contributed by atoms with Gasteiger partial charge in [0.25, 0.3) is 5.91 Å². The van der Waals surface area contributed by atoms with Crippen molar-refractivity contribution in [2.45, 2.75) is 26.0 Å². The van der Waals surface area contributed by atoms with Crippen molar-refractivity contribution in [1.82, 2.24) is 5.32 Å². The summed E-state index contributed by atoms with van der Waals surface area (Å²) >= 11 is 5.96. The number of fused-ring (bicyclic) bond motifs is 1. The number of hydrogen-bond donors (Lipinski definition) is 1. The maximum Gasteiger partial charge on any atom is 0.261 e. The van der Waals surface area contributed by atoms with Crippen LogP contribution < -0.4 is 10.1 Å². The standard InChI is InChI=1S/C21H20ClNO2/c1-2-20(25-19-9-5-8-18(22)13-19)21(24)23-14-15-10-11-16-6-3-4-7-17(16)12-15/h3-13,20H,2,14H2,1H3,(H,23,24)/t20-/m1/s1. The molecule has 0 saturated heterocycles. The van der Waals surface area contributed by atoms with Gasteiger partial charge in [-0.15, -0.1) is 0 Å². The fourth-order valence-corrected chi connectivity index (χ4v) is 2.86. The van der Waals surface area contributed by atoms with Crippen molar-refractivity contribution in [1.29, 1.82) is 0 Å². The Morgan fingerprint density at radius 2 is 1.84 bits per heavy atom. The summed E-state index contributed by atoms with van der Waals surface area (Å²) in [5.74, 6) is 0.468. The molecule has 0 radical (unpaired) electrons. The normalized spacial score (nSPS) is 11.9. The fraction of sp³-hybridized carbons (Fsp3) is 0.190. The lowest BCUT2D eigenvalue weighted by Crippen LogP contribution is -2.37. The number of halogens is 1. The molecule has 0 unspecified atom stereocenters. The van der Waals surface area contributed by atoms with Crippen LogP contribution in [0.15, 0.2) is 66.7 Å². The van der Waals surface area contributed by atoms with Crippen molar-refractivity contribution in [2.75, 3.05) is 0 Å². The second-order valence-electron chi connectivity index (χ2n) is 5.87. The molecule has 1 amide bonds. The van der Waals surface area contributed by atoms with E-state index >= 15 is 0 Å². The van der Waals surface area contributed by atoms with Crippen molar-refractivity contribution < 1.29 is 9.53 Å². The summed E-state index contributed by atoms with van der Waals surface area (Å²) in [4.78, 5) is 12.4. The van der Waals surface area contributed by atoms with Crippen LogP contribution in [0.5, 0.6) is 5.75 Å². The highest BCUT2D eigenvalue weighted by molar-refractivity contribution is 6.30. The van der Waals surface area contributed by atoms with Gasteiger partial charge in [-0.05, 0) is 47.0 Å². The van der Waals surface area contributed by atoms with Crippen LogP contribution in [-0.2, 0) is 11.3 Å². The molecule has 0 aromatic heterocycles. The number of carbonyl (C=O) groups excluding carboxylic acids is 1. The van der Waals surface area contributed by atoms with Gasteiger partial charge in [0.05, 0.1) is 0 Å². The summed E-state index contributed by atoms with van der Waals surface area (Å²) < 4.78 is 5.77. The molecule has 128 valence electrons. The van der Waals surface area contributed by atoms with Crippen LogP contribution in [0.1, 0.15) is 18.9 Å². The van der Waals surface area contributed by atoms with E-state index in [1.165, 1.54) is 5.39 Å². The quantitative estimate of drug-likeness (QED) is 0.679. The van der Waals surface area contributed by atoms with E-state index in [9.17, 15) is 4.79 Å². The summed E-state index contributed by atoms with van der Waals surface area (Å²) in [6.45, 7) is 2.39. The summed E-state index contributed by atoms with van der Waals surface area (Å²) in [6.07, 6.45) is 0.0368. The van der Waals surface area contributed by atoms with Gasteiger partial charge in [0, 0.05) is 11.6 Å². The molecular formula is C21H20ClNO2. The number of hydrogen-bond acceptors (Lipinski definition) is 2. The zero-order chi connectivity index (χ0) is 17.6. The number of benzene rings is 3. The molecule has 1 N–H and O–H groups in total. The van der Waals surface area contributed by atoms with Gasteiger partial charge in [-0.1, -0.05) is 61.0 Å². The first-order valence-electron chi connectivity index (χ1n) is 8.33. The molecule has 3 aromatic rings. The van der Waals surface area contributed by atoms with Crippen molar-refractivity contribution >= 4 is 28.3 Å². The van der Waals surface area contributed by atoms with E-state index in [0.717, 1.165) is 10.9 Å². The molecule has 3 rings (SSSR count). The summed E-state index contributed by atoms with van der Waals surface area (Å²) in [7, 11) is 0. The molecule has 1 atom stereocenters. The first-order valence-corrected chi connectivity index (χ1v) is 8.71. The minimum absolute atomic E-state index is 0.129. The molecule has 0 heterocycles. The molecule has 0 aliphatic heterocycles. The van der Waals surface area contributed by atoms with Gasteiger partial charge >= 0.3 is 0 Å². The lowest BCUT2D eigenvalue weighted by molar-refractivity contribution is -0.128. The van der Waals surface area contributed by atoms with Crippen molar-refractivity contribution in [2.24, 2.45) is 0 Å². The topological polar surface area (TPSA) is 38.3 Å². The number of nitrogens with one attached hydrogen (secondary N) is 1. The average Bonchev–Trinajstić information content (AvgIpc) is 2.64. The minimum atomic E-state index is -0.543. The van der Waals surface area contributed by atoms with E-state index in [0.29, 0.717) is 23.7 Å². The van der Waals surface area contributed by atoms with Gasteiger partial charge in [0.1, 0.15) is 5.75 Å². The predicted octanol–water partition coefficient (Wildman–Crippen LogP) is 4.97. The third-order valence-corrected chi connectivity index (χ3v) is 4.25. The number of ether oxygens (including phenoxy) is 1. The van der Waals surface area contributed by atoms with E-state index in [4.69, 9.17) is 16.3 Å². The van der Waals surface area contributed by atoms with Crippen LogP contribution in [-0.4, -0.2) is 12.0 Å². The Bertz CT molecular complexity index is 878. The molecule has 0 spiro atoms. The number of carbonyl (C=O) groups is 1. The SMILES string of the molecule is CC[C@@H](Oc1cccc(Cl)c1)C(=O)NCc1ccc2ccccc2c1. The van der Waals surface area contributed by atoms with Crippen LogP contribution in [0, 0.1) is 0 Å². The third-order valence-electron chi connectivity index (χ3n) is 4.02. The fourth-order valence-electron chi connectivity index (χ4n) is 2.68. The van der Waals surface area contributed by atoms with Crippen molar-refractivity contribution in [3.05, 3.63) is 77.3 Å². The summed E-state index contributed by atoms with van der Waals surface area (Å²) in [5.41, 5.74) is 1.06. The Hall–Kier alpha value is -2.52. The van der Waals surface area contributed by atoms with E-state index in [1.54, 1.807) is 24.3 Å². The van der Waals surface area contributed by atoms with Crippen molar-refractivity contribution in [3.63, 3.8) is 0 Å². The Labute approximate surface area is 152 Å². The van der Waals surface area contributed by atoms with Crippen LogP contribution in [0.2, 0.25) is 5.02 Å². The van der Waals surface area contributed by atoms with Crippen molar-refractivity contribution in [3.8, 4) is 5.75 Å². The first-order chi connectivity index (χ1) is 12.2. The summed E-state index contributed by atoms with van der Waals surface area (Å²) in [6, 6.07) is 21.4. The average molecular weight is 354 g/mol. The van der Waals surface area contributed by atoms with Gasteiger partial charge in [-0.3, -0.25) is 4.79 Å². The third kappa shape index (κ3) is 4.52. The molecule has 25 heavy (non-hydrogen) atoms. The molecule has 3 aromatic carbocycles. The smallest absolute Gasteiger partial charge is 0.261 e. The van der Waals surface area contributed by atoms with Gasteiger partial charge in [-0.25, -0.2) is 0 Å². The molecule has 0 aliphatic carbocycles. The van der Waals surface area contributed by atoms with E-state index in [1.807, 2.05) is 25.1 Å². The van der Waals surface area contributed by atoms with Gasteiger partial charge < -0.3 is 10.1 Å². The Morgan fingerprint density at radius 1 is 1.04 bits per heavy atom. The van der Waals surface area contributed by atoms with E-state index in [-0.39, 0.29) is 5.91 Å². The lowest BCUT2D eigenvalue weighted by Gasteiger charge is -2.17. The van der Waals surface area contributed by atoms with Crippen LogP contribution in [0.4, 0.5) is 0 Å². The molecule has 0 bridgehead atoms. The van der Waals surface area contributed by atoms with Gasteiger partial charge in [-0.2, -0.15) is 0 Å². The Morgan fingerprint density at radius 3 is 2.60 bits per heavy atom. The Balaban J connectivity index is 1.63. The van der Waals surface area contributed by atoms with Gasteiger partial charge in [0.15, 0.2) is 6.10 Å². The van der Waals surface area contributed by atoms with Crippen LogP contribution in [0.25, 0.3) is 10.8 Å². The van der Waals surface area contributed by atoms with E-state index in [2.05, 4.69) is 29.6 Å². The molecule has 3 nitrogen and oxygen atoms in total. The maximum atomic E-state index is 12.4. The molecule has 0 fully saturated rings. The largest absolute Gasteiger partial charge is 0.481 e. The highest BCUT2D eigenvalue weighted by Crippen LogP contribution is 2.19. The van der Waals surface area contributed by atoms with Crippen LogP contribution >= 0.6 is 11.6 Å². The minimum Gasteiger partial charge on any atom is -0.481 e. The lowest BCUT2D eigenvalue weighted by atomic mass is 10.1. The molecule has 0 aliphatic rings. The molecule has 4 heteroatoms. The number of amides is 1. The monoisotopic (exact) mass is 353 g/mol. The molecular weight excluding hydrogens is 334 g/mol. The highest BCUT2D eigenvalue weighted by atomic mass is 35.5. The number of rotatable bonds is 6. The van der Waals surface area contributed by atoms with Gasteiger partial charge in [0.2, 0.25) is 0 Å². The Kier molecular flexibility index (Phi) is 5.56. The van der Waals surface area contributed by atoms with Crippen LogP contribution in [0.3, 0.4) is 0 Å². The van der Waals surface area contributed by atoms with E-state index < -0.39 is 6.10 Å².